The minimum Gasteiger partial charge on any atom is -0.394 e. The van der Waals surface area contributed by atoms with Crippen LogP contribution in [0.15, 0.2) is 24.3 Å². The Balaban J connectivity index is 2.23. The lowest BCUT2D eigenvalue weighted by Crippen LogP contribution is -2.52. The topological polar surface area (TPSA) is 49.3 Å². The lowest BCUT2D eigenvalue weighted by molar-refractivity contribution is -0.130. The third kappa shape index (κ3) is 2.25. The molecule has 1 aliphatic carbocycles. The second-order valence-corrected chi connectivity index (χ2v) is 5.00. The third-order valence-corrected chi connectivity index (χ3v) is 3.67. The Bertz CT molecular complexity index is 443. The molecule has 3 nitrogen and oxygen atoms in total. The predicted molar refractivity (Wildman–Crippen MR) is 66.6 cm³/mol. The number of hydrogen-bond acceptors (Lipinski definition) is 2. The Hall–Kier alpha value is -1.42. The predicted octanol–water partition coefficient (Wildman–Crippen LogP) is 1.74. The van der Waals surface area contributed by atoms with Crippen molar-refractivity contribution in [1.29, 1.82) is 0 Å². The normalized spacial score (nSPS) is 18.8. The highest BCUT2D eigenvalue weighted by Crippen LogP contribution is 2.44. The van der Waals surface area contributed by atoms with Crippen LogP contribution in [0.25, 0.3) is 0 Å². The molecule has 0 radical (unpaired) electrons. The fraction of sp³-hybridized carbons (Fsp3) is 0.500. The number of carbonyl (C=O) groups excluding carboxylic acids is 1. The van der Waals surface area contributed by atoms with Gasteiger partial charge in [-0.05, 0) is 37.5 Å². The Morgan fingerprint density at radius 2 is 2.28 bits per heavy atom. The molecule has 1 aliphatic rings. The van der Waals surface area contributed by atoms with Crippen LogP contribution in [0.3, 0.4) is 0 Å². The van der Waals surface area contributed by atoms with Gasteiger partial charge in [0.1, 0.15) is 5.82 Å². The average Bonchev–Trinajstić information content (AvgIpc) is 2.27. The van der Waals surface area contributed by atoms with E-state index in [-0.39, 0.29) is 24.4 Å². The molecule has 1 atom stereocenters. The van der Waals surface area contributed by atoms with E-state index in [1.165, 1.54) is 12.1 Å². The third-order valence-electron chi connectivity index (χ3n) is 3.67. The molecule has 2 N–H and O–H groups in total. The van der Waals surface area contributed by atoms with Crippen LogP contribution in [0.2, 0.25) is 0 Å². The van der Waals surface area contributed by atoms with Crippen LogP contribution < -0.4 is 5.32 Å². The molecule has 4 heteroatoms. The second kappa shape index (κ2) is 5.06. The number of rotatable bonds is 4. The van der Waals surface area contributed by atoms with Gasteiger partial charge in [0.05, 0.1) is 12.0 Å². The van der Waals surface area contributed by atoms with Crippen molar-refractivity contribution in [3.63, 3.8) is 0 Å². The van der Waals surface area contributed by atoms with Gasteiger partial charge in [-0.15, -0.1) is 0 Å². The Morgan fingerprint density at radius 3 is 2.78 bits per heavy atom. The van der Waals surface area contributed by atoms with Crippen LogP contribution in [0.5, 0.6) is 0 Å². The highest BCUT2D eigenvalue weighted by atomic mass is 19.1. The molecule has 1 fully saturated rings. The van der Waals surface area contributed by atoms with Crippen LogP contribution in [0.4, 0.5) is 4.39 Å². The van der Waals surface area contributed by atoms with Gasteiger partial charge in [0, 0.05) is 6.04 Å². The first kappa shape index (κ1) is 13.0. The van der Waals surface area contributed by atoms with Crippen molar-refractivity contribution >= 4 is 5.91 Å². The molecule has 0 heterocycles. The minimum atomic E-state index is -0.606. The number of aliphatic hydroxyl groups is 1. The van der Waals surface area contributed by atoms with E-state index in [4.69, 9.17) is 5.11 Å². The molecular weight excluding hydrogens is 233 g/mol. The van der Waals surface area contributed by atoms with Crippen molar-refractivity contribution < 1.29 is 14.3 Å². The standard InChI is InChI=1S/C14H18FNO2/c1-10(9-17)16-13(18)14(6-3-7-14)11-4-2-5-12(15)8-11/h2,4-5,8,10,17H,3,6-7,9H2,1H3,(H,16,18). The summed E-state index contributed by atoms with van der Waals surface area (Å²) in [5, 5.41) is 11.8. The zero-order valence-corrected chi connectivity index (χ0v) is 10.4. The van der Waals surface area contributed by atoms with E-state index in [1.807, 2.05) is 0 Å². The van der Waals surface area contributed by atoms with E-state index >= 15 is 0 Å². The van der Waals surface area contributed by atoms with E-state index in [1.54, 1.807) is 19.1 Å². The summed E-state index contributed by atoms with van der Waals surface area (Å²) >= 11 is 0. The number of benzene rings is 1. The first-order valence-corrected chi connectivity index (χ1v) is 6.26. The summed E-state index contributed by atoms with van der Waals surface area (Å²) in [6, 6.07) is 5.97. The second-order valence-electron chi connectivity index (χ2n) is 5.00. The molecule has 1 aromatic carbocycles. The first-order chi connectivity index (χ1) is 8.58. The maximum absolute atomic E-state index is 13.3. The number of carbonyl (C=O) groups is 1. The van der Waals surface area contributed by atoms with Gasteiger partial charge >= 0.3 is 0 Å². The van der Waals surface area contributed by atoms with Crippen molar-refractivity contribution in [2.24, 2.45) is 0 Å². The molecule has 2 rings (SSSR count). The summed E-state index contributed by atoms with van der Waals surface area (Å²) < 4.78 is 13.3. The summed E-state index contributed by atoms with van der Waals surface area (Å²) in [5.74, 6) is -0.428. The summed E-state index contributed by atoms with van der Waals surface area (Å²) in [6.07, 6.45) is 2.44. The number of aliphatic hydroxyl groups excluding tert-OH is 1. The first-order valence-electron chi connectivity index (χ1n) is 6.26. The lowest BCUT2D eigenvalue weighted by atomic mass is 9.63. The minimum absolute atomic E-state index is 0.0923. The zero-order valence-electron chi connectivity index (χ0n) is 10.4. The molecule has 0 bridgehead atoms. The van der Waals surface area contributed by atoms with Crippen molar-refractivity contribution in [1.82, 2.24) is 5.32 Å². The van der Waals surface area contributed by atoms with Crippen LogP contribution >= 0.6 is 0 Å². The molecule has 18 heavy (non-hydrogen) atoms. The molecule has 1 unspecified atom stereocenters. The van der Waals surface area contributed by atoms with Gasteiger partial charge < -0.3 is 10.4 Å². The van der Waals surface area contributed by atoms with Crippen molar-refractivity contribution in [3.8, 4) is 0 Å². The zero-order chi connectivity index (χ0) is 13.2. The molecule has 98 valence electrons. The largest absolute Gasteiger partial charge is 0.394 e. The Morgan fingerprint density at radius 1 is 1.56 bits per heavy atom. The van der Waals surface area contributed by atoms with Crippen LogP contribution in [-0.2, 0) is 10.2 Å². The van der Waals surface area contributed by atoms with Gasteiger partial charge in [0.25, 0.3) is 0 Å². The number of hydrogen-bond donors (Lipinski definition) is 2. The SMILES string of the molecule is CC(CO)NC(=O)C1(c2cccc(F)c2)CCC1. The van der Waals surface area contributed by atoms with Crippen LogP contribution in [-0.4, -0.2) is 23.7 Å². The Labute approximate surface area is 106 Å². The van der Waals surface area contributed by atoms with Crippen LogP contribution in [0, 0.1) is 5.82 Å². The molecule has 1 amide bonds. The molecule has 0 aromatic heterocycles. The average molecular weight is 251 g/mol. The lowest BCUT2D eigenvalue weighted by Gasteiger charge is -2.41. The summed E-state index contributed by atoms with van der Waals surface area (Å²) in [6.45, 7) is 1.65. The van der Waals surface area contributed by atoms with Crippen molar-refractivity contribution in [3.05, 3.63) is 35.6 Å². The van der Waals surface area contributed by atoms with E-state index < -0.39 is 5.41 Å². The van der Waals surface area contributed by atoms with E-state index in [2.05, 4.69) is 5.32 Å². The number of nitrogens with one attached hydrogen (secondary N) is 1. The van der Waals surface area contributed by atoms with E-state index in [0.29, 0.717) is 0 Å². The van der Waals surface area contributed by atoms with Gasteiger partial charge in [0.15, 0.2) is 0 Å². The Kier molecular flexibility index (Phi) is 3.66. The van der Waals surface area contributed by atoms with Crippen molar-refractivity contribution in [2.45, 2.75) is 37.6 Å². The molecule has 1 aromatic rings. The quantitative estimate of drug-likeness (QED) is 0.856. The van der Waals surface area contributed by atoms with Gasteiger partial charge in [-0.2, -0.15) is 0 Å². The highest BCUT2D eigenvalue weighted by molar-refractivity contribution is 5.89. The van der Waals surface area contributed by atoms with Gasteiger partial charge in [-0.3, -0.25) is 4.79 Å². The smallest absolute Gasteiger partial charge is 0.230 e. The highest BCUT2D eigenvalue weighted by Gasteiger charge is 2.45. The van der Waals surface area contributed by atoms with Gasteiger partial charge in [-0.25, -0.2) is 4.39 Å². The number of amides is 1. The fourth-order valence-electron chi connectivity index (χ4n) is 2.37. The summed E-state index contributed by atoms with van der Waals surface area (Å²) in [7, 11) is 0. The van der Waals surface area contributed by atoms with Crippen LogP contribution in [0.1, 0.15) is 31.7 Å². The maximum Gasteiger partial charge on any atom is 0.230 e. The van der Waals surface area contributed by atoms with E-state index in [0.717, 1.165) is 24.8 Å². The van der Waals surface area contributed by atoms with Gasteiger partial charge in [-0.1, -0.05) is 18.6 Å². The maximum atomic E-state index is 13.3. The summed E-state index contributed by atoms with van der Waals surface area (Å²) in [5.41, 5.74) is 0.127. The monoisotopic (exact) mass is 251 g/mol. The molecule has 0 aliphatic heterocycles. The molecule has 0 saturated heterocycles. The van der Waals surface area contributed by atoms with Crippen molar-refractivity contribution in [2.75, 3.05) is 6.61 Å². The molecule has 1 saturated carbocycles. The van der Waals surface area contributed by atoms with E-state index in [9.17, 15) is 9.18 Å². The van der Waals surface area contributed by atoms with Gasteiger partial charge in [0.2, 0.25) is 5.91 Å². The summed E-state index contributed by atoms with van der Waals surface area (Å²) in [4.78, 5) is 12.3. The number of halogens is 1. The fourth-order valence-corrected chi connectivity index (χ4v) is 2.37. The molecule has 0 spiro atoms. The molecular formula is C14H18FNO2.